The van der Waals surface area contributed by atoms with Crippen molar-refractivity contribution in [3.8, 4) is 5.75 Å². The van der Waals surface area contributed by atoms with E-state index in [1.807, 2.05) is 32.2 Å². The Kier molecular flexibility index (Phi) is 4.87. The number of anilines is 2. The van der Waals surface area contributed by atoms with Gasteiger partial charge < -0.3 is 15.0 Å². The van der Waals surface area contributed by atoms with Gasteiger partial charge in [-0.3, -0.25) is 9.59 Å². The Balaban J connectivity index is 1.93. The molecule has 1 aliphatic heterocycles. The van der Waals surface area contributed by atoms with Gasteiger partial charge >= 0.3 is 0 Å². The molecule has 3 rings (SSSR count). The molecular formula is C20H22N2O3S. The van der Waals surface area contributed by atoms with Crippen LogP contribution in [-0.2, 0) is 4.79 Å². The third-order valence-corrected chi connectivity index (χ3v) is 5.23. The van der Waals surface area contributed by atoms with Crippen LogP contribution in [-0.4, -0.2) is 25.0 Å². The van der Waals surface area contributed by atoms with E-state index in [1.165, 1.54) is 11.3 Å². The quantitative estimate of drug-likeness (QED) is 0.819. The van der Waals surface area contributed by atoms with Crippen LogP contribution >= 0.6 is 11.3 Å². The lowest BCUT2D eigenvalue weighted by molar-refractivity contribution is -0.127. The van der Waals surface area contributed by atoms with Crippen molar-refractivity contribution in [3.63, 3.8) is 0 Å². The van der Waals surface area contributed by atoms with E-state index in [9.17, 15) is 9.59 Å². The predicted molar refractivity (Wildman–Crippen MR) is 105 cm³/mol. The lowest BCUT2D eigenvalue weighted by atomic mass is 9.93. The first-order valence-corrected chi connectivity index (χ1v) is 9.26. The number of amides is 2. The third kappa shape index (κ3) is 3.51. The Morgan fingerprint density at radius 3 is 2.85 bits per heavy atom. The minimum atomic E-state index is -0.639. The predicted octanol–water partition coefficient (Wildman–Crippen LogP) is 4.25. The van der Waals surface area contributed by atoms with Gasteiger partial charge in [0.1, 0.15) is 12.4 Å². The zero-order chi connectivity index (χ0) is 18.9. The summed E-state index contributed by atoms with van der Waals surface area (Å²) in [5.41, 5.74) is 1.67. The van der Waals surface area contributed by atoms with Crippen molar-refractivity contribution in [2.45, 2.75) is 20.8 Å². The van der Waals surface area contributed by atoms with Gasteiger partial charge in [0.15, 0.2) is 0 Å². The maximum Gasteiger partial charge on any atom is 0.265 e. The number of benzene rings is 1. The Hall–Kier alpha value is -2.60. The van der Waals surface area contributed by atoms with Gasteiger partial charge in [-0.15, -0.1) is 17.9 Å². The molecule has 2 amide bonds. The zero-order valence-electron chi connectivity index (χ0n) is 15.2. The second kappa shape index (κ2) is 6.96. The van der Waals surface area contributed by atoms with E-state index in [-0.39, 0.29) is 11.8 Å². The Morgan fingerprint density at radius 2 is 2.19 bits per heavy atom. The van der Waals surface area contributed by atoms with Gasteiger partial charge in [-0.25, -0.2) is 0 Å². The zero-order valence-corrected chi connectivity index (χ0v) is 16.0. The number of hydrogen-bond donors (Lipinski definition) is 1. The van der Waals surface area contributed by atoms with Crippen molar-refractivity contribution in [1.82, 2.24) is 0 Å². The summed E-state index contributed by atoms with van der Waals surface area (Å²) in [4.78, 5) is 27.6. The average molecular weight is 370 g/mol. The van der Waals surface area contributed by atoms with Crippen LogP contribution in [0.3, 0.4) is 0 Å². The topological polar surface area (TPSA) is 58.6 Å². The number of carbonyl (C=O) groups excluding carboxylic acids is 2. The summed E-state index contributed by atoms with van der Waals surface area (Å²) in [6.07, 6.45) is 1.68. The van der Waals surface area contributed by atoms with Gasteiger partial charge in [0.2, 0.25) is 5.91 Å². The maximum atomic E-state index is 12.9. The van der Waals surface area contributed by atoms with Crippen molar-refractivity contribution < 1.29 is 14.3 Å². The number of carbonyl (C=O) groups is 2. The van der Waals surface area contributed by atoms with Crippen molar-refractivity contribution >= 4 is 34.5 Å². The van der Waals surface area contributed by atoms with Gasteiger partial charge in [-0.2, -0.15) is 0 Å². The van der Waals surface area contributed by atoms with Crippen LogP contribution in [0, 0.1) is 12.3 Å². The molecule has 0 radical (unpaired) electrons. The number of nitrogens with one attached hydrogen (secondary N) is 1. The third-order valence-electron chi connectivity index (χ3n) is 4.19. The molecule has 0 fully saturated rings. The molecule has 0 atom stereocenters. The standard InChI is InChI=1S/C20H22N2O3S/c1-5-8-22-15-10-14(21-18(23)17-9-13(2)11-26-17)6-7-16(15)25-12-20(3,4)19(22)24/h5-7,9-11H,1,8,12H2,2-4H3,(H,21,23). The maximum absolute atomic E-state index is 12.9. The minimum Gasteiger partial charge on any atom is -0.490 e. The first-order chi connectivity index (χ1) is 12.3. The fourth-order valence-corrected chi connectivity index (χ4v) is 3.57. The van der Waals surface area contributed by atoms with Crippen molar-refractivity contribution in [3.05, 3.63) is 52.7 Å². The molecular weight excluding hydrogens is 348 g/mol. The lowest BCUT2D eigenvalue weighted by Crippen LogP contribution is -2.42. The number of nitrogens with zero attached hydrogens (tertiary/aromatic N) is 1. The molecule has 1 aromatic heterocycles. The first-order valence-electron chi connectivity index (χ1n) is 8.38. The highest BCUT2D eigenvalue weighted by atomic mass is 32.1. The van der Waals surface area contributed by atoms with Gasteiger partial charge in [0.25, 0.3) is 5.91 Å². The number of aryl methyl sites for hydroxylation is 1. The molecule has 1 aromatic carbocycles. The van der Waals surface area contributed by atoms with E-state index in [4.69, 9.17) is 4.74 Å². The normalized spacial score (nSPS) is 15.7. The van der Waals surface area contributed by atoms with E-state index < -0.39 is 5.41 Å². The van der Waals surface area contributed by atoms with Crippen LogP contribution in [0.15, 0.2) is 42.3 Å². The number of fused-ring (bicyclic) bond motifs is 1. The van der Waals surface area contributed by atoms with E-state index in [2.05, 4.69) is 11.9 Å². The lowest BCUT2D eigenvalue weighted by Gasteiger charge is -2.27. The van der Waals surface area contributed by atoms with Gasteiger partial charge in [-0.05, 0) is 56.0 Å². The second-order valence-electron chi connectivity index (χ2n) is 7.00. The minimum absolute atomic E-state index is 0.0338. The highest BCUT2D eigenvalue weighted by molar-refractivity contribution is 7.12. The molecule has 0 aliphatic carbocycles. The fraction of sp³-hybridized carbons (Fsp3) is 0.300. The molecule has 1 aliphatic rings. The van der Waals surface area contributed by atoms with E-state index in [1.54, 1.807) is 29.2 Å². The molecule has 0 unspecified atom stereocenters. The summed E-state index contributed by atoms with van der Waals surface area (Å²) < 4.78 is 5.85. The Bertz CT molecular complexity index is 870. The van der Waals surface area contributed by atoms with Crippen LogP contribution in [0.5, 0.6) is 5.75 Å². The van der Waals surface area contributed by atoms with Crippen LogP contribution in [0.1, 0.15) is 29.1 Å². The number of hydrogen-bond acceptors (Lipinski definition) is 4. The SMILES string of the molecule is C=CCN1C(=O)C(C)(C)COc2ccc(NC(=O)c3cc(C)cs3)cc21. The highest BCUT2D eigenvalue weighted by Crippen LogP contribution is 2.38. The molecule has 136 valence electrons. The Morgan fingerprint density at radius 1 is 1.42 bits per heavy atom. The molecule has 5 nitrogen and oxygen atoms in total. The molecule has 0 spiro atoms. The largest absolute Gasteiger partial charge is 0.490 e. The molecule has 26 heavy (non-hydrogen) atoms. The summed E-state index contributed by atoms with van der Waals surface area (Å²) in [5.74, 6) is 0.420. The monoisotopic (exact) mass is 370 g/mol. The first kappa shape index (κ1) is 18.2. The summed E-state index contributed by atoms with van der Waals surface area (Å²) in [5, 5.41) is 4.83. The number of thiophene rings is 1. The van der Waals surface area contributed by atoms with Gasteiger partial charge in [0.05, 0.1) is 16.0 Å². The summed E-state index contributed by atoms with van der Waals surface area (Å²) in [6, 6.07) is 7.20. The van der Waals surface area contributed by atoms with Crippen LogP contribution in [0.2, 0.25) is 0 Å². The fourth-order valence-electron chi connectivity index (χ4n) is 2.78. The molecule has 0 saturated heterocycles. The van der Waals surface area contributed by atoms with Crippen molar-refractivity contribution in [2.24, 2.45) is 5.41 Å². The molecule has 6 heteroatoms. The van der Waals surface area contributed by atoms with E-state index in [0.717, 1.165) is 5.56 Å². The van der Waals surface area contributed by atoms with E-state index >= 15 is 0 Å². The van der Waals surface area contributed by atoms with Gasteiger partial charge in [-0.1, -0.05) is 6.08 Å². The highest BCUT2D eigenvalue weighted by Gasteiger charge is 2.37. The molecule has 0 bridgehead atoms. The number of rotatable bonds is 4. The Labute approximate surface area is 157 Å². The summed E-state index contributed by atoms with van der Waals surface area (Å²) in [7, 11) is 0. The van der Waals surface area contributed by atoms with Crippen molar-refractivity contribution in [2.75, 3.05) is 23.4 Å². The summed E-state index contributed by atoms with van der Waals surface area (Å²) in [6.45, 7) is 10.1. The number of ether oxygens (including phenoxy) is 1. The van der Waals surface area contributed by atoms with E-state index in [0.29, 0.717) is 35.2 Å². The van der Waals surface area contributed by atoms with Crippen LogP contribution in [0.25, 0.3) is 0 Å². The molecule has 2 aromatic rings. The smallest absolute Gasteiger partial charge is 0.265 e. The molecule has 2 heterocycles. The second-order valence-corrected chi connectivity index (χ2v) is 7.91. The van der Waals surface area contributed by atoms with Crippen molar-refractivity contribution in [1.29, 1.82) is 0 Å². The average Bonchev–Trinajstić information content (AvgIpc) is 3.01. The molecule has 1 N–H and O–H groups in total. The van der Waals surface area contributed by atoms with Gasteiger partial charge in [0, 0.05) is 12.2 Å². The molecule has 0 saturated carbocycles. The van der Waals surface area contributed by atoms with Crippen LogP contribution < -0.4 is 15.0 Å². The summed E-state index contributed by atoms with van der Waals surface area (Å²) >= 11 is 1.40. The van der Waals surface area contributed by atoms with Crippen LogP contribution in [0.4, 0.5) is 11.4 Å².